The molecule has 0 aromatic heterocycles. The molecule has 3 rings (SSSR count). The van der Waals surface area contributed by atoms with Gasteiger partial charge in [-0.15, -0.1) is 0 Å². The number of hydrogen-bond acceptors (Lipinski definition) is 1. The van der Waals surface area contributed by atoms with Crippen LogP contribution in [0.3, 0.4) is 0 Å². The molecule has 1 saturated heterocycles. The topological polar surface area (TPSA) is 12.5 Å². The van der Waals surface area contributed by atoms with Crippen molar-refractivity contribution in [2.75, 3.05) is 0 Å². The van der Waals surface area contributed by atoms with E-state index in [0.717, 1.165) is 0 Å². The van der Waals surface area contributed by atoms with Gasteiger partial charge in [-0.05, 0) is 49.0 Å². The minimum atomic E-state index is 0.392. The fourth-order valence-electron chi connectivity index (χ4n) is 2.32. The average molecular weight is 188 g/mol. The zero-order chi connectivity index (χ0) is 9.38. The van der Waals surface area contributed by atoms with Gasteiger partial charge in [-0.25, -0.2) is 0 Å². The Labute approximate surface area is 85.1 Å². The Morgan fingerprint density at radius 3 is 2.00 bits per heavy atom. The molecule has 2 atom stereocenters. The molecule has 2 bridgehead atoms. The molecule has 0 saturated carbocycles. The number of fused-ring (bicyclic) bond motifs is 3. The summed E-state index contributed by atoms with van der Waals surface area (Å²) >= 11 is 0. The van der Waals surface area contributed by atoms with Crippen molar-refractivity contribution in [3.8, 4) is 0 Å². The third-order valence-corrected chi connectivity index (χ3v) is 3.26. The number of hydrogen-bond donors (Lipinski definition) is 0. The van der Waals surface area contributed by atoms with Crippen molar-refractivity contribution in [2.24, 2.45) is 0 Å². The molecule has 1 heterocycles. The van der Waals surface area contributed by atoms with Gasteiger partial charge in [0.05, 0.1) is 0 Å². The van der Waals surface area contributed by atoms with Gasteiger partial charge in [0.2, 0.25) is 0 Å². The predicted octanol–water partition coefficient (Wildman–Crippen LogP) is 3.14. The minimum Gasteiger partial charge on any atom is -0.361 e. The van der Waals surface area contributed by atoms with Gasteiger partial charge in [0.1, 0.15) is 12.2 Å². The maximum Gasteiger partial charge on any atom is 0.107 e. The van der Waals surface area contributed by atoms with E-state index in [-0.39, 0.29) is 0 Å². The van der Waals surface area contributed by atoms with E-state index in [9.17, 15) is 0 Å². The lowest BCUT2D eigenvalue weighted by molar-refractivity contribution is 0.412. The lowest BCUT2D eigenvalue weighted by Crippen LogP contribution is -1.92. The normalized spacial score (nSPS) is 35.4. The van der Waals surface area contributed by atoms with Gasteiger partial charge in [0.25, 0.3) is 0 Å². The highest BCUT2D eigenvalue weighted by molar-refractivity contribution is 5.35. The number of allylic oxidation sites excluding steroid dienone is 4. The van der Waals surface area contributed by atoms with E-state index in [1.807, 2.05) is 0 Å². The SMILES string of the molecule is C1=CC2=C[C@H]3O[C@@H]3C=C1CCCCC2. The molecule has 1 heteroatoms. The third kappa shape index (κ3) is 1.69. The molecule has 1 fully saturated rings. The molecular formula is C13H16O. The van der Waals surface area contributed by atoms with Gasteiger partial charge in [-0.1, -0.05) is 18.6 Å². The van der Waals surface area contributed by atoms with Crippen LogP contribution in [0.5, 0.6) is 0 Å². The van der Waals surface area contributed by atoms with Crippen LogP contribution < -0.4 is 0 Å². The predicted molar refractivity (Wildman–Crippen MR) is 57.1 cm³/mol. The van der Waals surface area contributed by atoms with Crippen LogP contribution in [0.25, 0.3) is 0 Å². The van der Waals surface area contributed by atoms with E-state index in [2.05, 4.69) is 24.3 Å². The van der Waals surface area contributed by atoms with Crippen molar-refractivity contribution in [3.05, 3.63) is 35.5 Å². The van der Waals surface area contributed by atoms with E-state index in [1.165, 1.54) is 43.3 Å². The van der Waals surface area contributed by atoms with Crippen LogP contribution in [0, 0.1) is 0 Å². The van der Waals surface area contributed by atoms with Crippen molar-refractivity contribution in [3.63, 3.8) is 0 Å². The minimum absolute atomic E-state index is 0.392. The Morgan fingerprint density at radius 2 is 1.43 bits per heavy atom. The maximum absolute atomic E-state index is 5.58. The van der Waals surface area contributed by atoms with Crippen molar-refractivity contribution in [2.45, 2.75) is 44.3 Å². The number of epoxide rings is 1. The Bertz CT molecular complexity index is 292. The highest BCUT2D eigenvalue weighted by atomic mass is 16.6. The molecule has 1 aliphatic heterocycles. The zero-order valence-corrected chi connectivity index (χ0v) is 8.41. The molecule has 14 heavy (non-hydrogen) atoms. The van der Waals surface area contributed by atoms with E-state index in [4.69, 9.17) is 4.74 Å². The molecule has 0 N–H and O–H groups in total. The van der Waals surface area contributed by atoms with E-state index < -0.39 is 0 Å². The molecule has 0 amide bonds. The van der Waals surface area contributed by atoms with Crippen molar-refractivity contribution < 1.29 is 4.74 Å². The van der Waals surface area contributed by atoms with Gasteiger partial charge in [-0.2, -0.15) is 0 Å². The number of ether oxygens (including phenoxy) is 1. The molecule has 0 radical (unpaired) electrons. The molecule has 0 unspecified atom stereocenters. The van der Waals surface area contributed by atoms with Crippen LogP contribution >= 0.6 is 0 Å². The Kier molecular flexibility index (Phi) is 2.06. The van der Waals surface area contributed by atoms with Crippen molar-refractivity contribution in [1.82, 2.24) is 0 Å². The second-order valence-electron chi connectivity index (χ2n) is 4.44. The molecular weight excluding hydrogens is 172 g/mol. The van der Waals surface area contributed by atoms with Crippen LogP contribution in [0.1, 0.15) is 32.1 Å². The lowest BCUT2D eigenvalue weighted by Gasteiger charge is -2.01. The van der Waals surface area contributed by atoms with Crippen LogP contribution in [0.2, 0.25) is 0 Å². The Hall–Kier alpha value is -0.820. The van der Waals surface area contributed by atoms with E-state index >= 15 is 0 Å². The smallest absolute Gasteiger partial charge is 0.107 e. The second kappa shape index (κ2) is 3.39. The molecule has 1 nitrogen and oxygen atoms in total. The van der Waals surface area contributed by atoms with Gasteiger partial charge in [0.15, 0.2) is 0 Å². The fraction of sp³-hybridized carbons (Fsp3) is 0.538. The summed E-state index contributed by atoms with van der Waals surface area (Å²) in [4.78, 5) is 0. The van der Waals surface area contributed by atoms with E-state index in [0.29, 0.717) is 12.2 Å². The molecule has 0 spiro atoms. The largest absolute Gasteiger partial charge is 0.361 e. The molecule has 3 aliphatic rings. The summed E-state index contributed by atoms with van der Waals surface area (Å²) in [6, 6.07) is 0. The molecule has 0 aromatic carbocycles. The zero-order valence-electron chi connectivity index (χ0n) is 8.41. The molecule has 74 valence electrons. The quantitative estimate of drug-likeness (QED) is 0.532. The molecule has 0 aromatic rings. The monoisotopic (exact) mass is 188 g/mol. The first-order valence-electron chi connectivity index (χ1n) is 5.67. The van der Waals surface area contributed by atoms with Crippen LogP contribution in [-0.2, 0) is 4.74 Å². The van der Waals surface area contributed by atoms with Gasteiger partial charge in [0, 0.05) is 0 Å². The first kappa shape index (κ1) is 8.49. The summed E-state index contributed by atoms with van der Waals surface area (Å²) in [7, 11) is 0. The first-order chi connectivity index (χ1) is 6.92. The van der Waals surface area contributed by atoms with Gasteiger partial charge < -0.3 is 4.74 Å². The summed E-state index contributed by atoms with van der Waals surface area (Å²) < 4.78 is 5.58. The highest BCUT2D eigenvalue weighted by Gasteiger charge is 2.35. The summed E-state index contributed by atoms with van der Waals surface area (Å²) in [6.07, 6.45) is 16.5. The first-order valence-corrected chi connectivity index (χ1v) is 5.67. The van der Waals surface area contributed by atoms with Crippen LogP contribution in [-0.4, -0.2) is 12.2 Å². The second-order valence-corrected chi connectivity index (χ2v) is 4.44. The Morgan fingerprint density at radius 1 is 0.857 bits per heavy atom. The van der Waals surface area contributed by atoms with Gasteiger partial charge in [-0.3, -0.25) is 0 Å². The van der Waals surface area contributed by atoms with E-state index in [1.54, 1.807) is 0 Å². The van der Waals surface area contributed by atoms with Crippen LogP contribution in [0.15, 0.2) is 35.5 Å². The standard InChI is InChI=1S/C13H16O/c1-2-4-10-6-7-11(5-3-1)9-13-12(8-10)14-13/h6-9,12-13H,1-5H2/t12-,13-/m1/s1. The summed E-state index contributed by atoms with van der Waals surface area (Å²) in [5.41, 5.74) is 2.95. The highest BCUT2D eigenvalue weighted by Crippen LogP contribution is 2.32. The summed E-state index contributed by atoms with van der Waals surface area (Å²) in [5, 5.41) is 0. The fourth-order valence-corrected chi connectivity index (χ4v) is 2.32. The molecule has 2 aliphatic carbocycles. The van der Waals surface area contributed by atoms with Crippen molar-refractivity contribution >= 4 is 0 Å². The summed E-state index contributed by atoms with van der Waals surface area (Å²) in [6.45, 7) is 0. The number of rotatable bonds is 0. The lowest BCUT2D eigenvalue weighted by atomic mass is 10.0. The van der Waals surface area contributed by atoms with Gasteiger partial charge >= 0.3 is 0 Å². The summed E-state index contributed by atoms with van der Waals surface area (Å²) in [5.74, 6) is 0. The van der Waals surface area contributed by atoms with Crippen LogP contribution in [0.4, 0.5) is 0 Å². The maximum atomic E-state index is 5.58. The van der Waals surface area contributed by atoms with Crippen molar-refractivity contribution in [1.29, 1.82) is 0 Å². The average Bonchev–Trinajstić information content (AvgIpc) is 2.81. The third-order valence-electron chi connectivity index (χ3n) is 3.26. The Balaban J connectivity index is 1.94.